The number of aromatic nitrogens is 2. The number of benzene rings is 1. The number of nitrogens with zero attached hydrogens (tertiary/aromatic N) is 1. The van der Waals surface area contributed by atoms with E-state index in [1.807, 2.05) is 0 Å². The van der Waals surface area contributed by atoms with Gasteiger partial charge in [-0.1, -0.05) is 12.1 Å². The zero-order chi connectivity index (χ0) is 13.2. The van der Waals surface area contributed by atoms with Crippen LogP contribution in [0.1, 0.15) is 0 Å². The molecule has 2 rings (SSSR count). The Labute approximate surface area is 102 Å². The predicted molar refractivity (Wildman–Crippen MR) is 62.1 cm³/mol. The third-order valence-corrected chi connectivity index (χ3v) is 3.43. The van der Waals surface area contributed by atoms with Crippen LogP contribution in [0.15, 0.2) is 46.1 Å². The molecule has 1 heterocycles. The average Bonchev–Trinajstić information content (AvgIpc) is 2.32. The van der Waals surface area contributed by atoms with Crippen LogP contribution in [-0.2, 0) is 10.0 Å². The molecule has 0 radical (unpaired) electrons. The SMILES string of the molecule is O=c1ccc(NS(=O)(=O)c2ccccc2F)n[nH]1. The van der Waals surface area contributed by atoms with E-state index in [0.717, 1.165) is 18.2 Å². The maximum Gasteiger partial charge on any atom is 0.266 e. The molecule has 0 amide bonds. The number of halogens is 1. The van der Waals surface area contributed by atoms with Gasteiger partial charge in [-0.2, -0.15) is 5.10 Å². The maximum atomic E-state index is 13.4. The van der Waals surface area contributed by atoms with Gasteiger partial charge >= 0.3 is 0 Å². The van der Waals surface area contributed by atoms with E-state index in [9.17, 15) is 17.6 Å². The van der Waals surface area contributed by atoms with Gasteiger partial charge in [0.2, 0.25) is 0 Å². The normalized spacial score (nSPS) is 11.2. The van der Waals surface area contributed by atoms with Crippen molar-refractivity contribution in [1.82, 2.24) is 10.2 Å². The summed E-state index contributed by atoms with van der Waals surface area (Å²) in [4.78, 5) is 10.3. The van der Waals surface area contributed by atoms with E-state index in [0.29, 0.717) is 0 Å². The van der Waals surface area contributed by atoms with Gasteiger partial charge in [0.05, 0.1) is 0 Å². The minimum absolute atomic E-state index is 0.0992. The molecular formula is C10H8FN3O3S. The van der Waals surface area contributed by atoms with E-state index < -0.39 is 26.3 Å². The number of aromatic amines is 1. The van der Waals surface area contributed by atoms with E-state index >= 15 is 0 Å². The Kier molecular flexibility index (Phi) is 3.11. The van der Waals surface area contributed by atoms with Crippen LogP contribution in [0.3, 0.4) is 0 Å². The van der Waals surface area contributed by atoms with Gasteiger partial charge in [-0.15, -0.1) is 0 Å². The van der Waals surface area contributed by atoms with Crippen molar-refractivity contribution in [2.75, 3.05) is 4.72 Å². The Morgan fingerprint density at radius 3 is 2.50 bits per heavy atom. The topological polar surface area (TPSA) is 91.9 Å². The van der Waals surface area contributed by atoms with Gasteiger partial charge in [0.1, 0.15) is 10.7 Å². The molecule has 0 fully saturated rings. The molecule has 2 aromatic rings. The molecule has 18 heavy (non-hydrogen) atoms. The highest BCUT2D eigenvalue weighted by Crippen LogP contribution is 2.16. The van der Waals surface area contributed by atoms with Crippen molar-refractivity contribution in [2.45, 2.75) is 4.90 Å². The number of nitrogens with one attached hydrogen (secondary N) is 2. The number of sulfonamides is 1. The summed E-state index contributed by atoms with van der Waals surface area (Å²) in [5.74, 6) is -0.965. The first-order valence-corrected chi connectivity index (χ1v) is 6.30. The highest BCUT2D eigenvalue weighted by atomic mass is 32.2. The van der Waals surface area contributed by atoms with Crippen LogP contribution in [0.5, 0.6) is 0 Å². The Bertz CT molecular complexity index is 707. The second-order valence-electron chi connectivity index (χ2n) is 3.34. The predicted octanol–water partition coefficient (Wildman–Crippen LogP) is 0.710. The molecule has 1 aromatic carbocycles. The number of anilines is 1. The molecule has 2 N–H and O–H groups in total. The molecule has 1 aromatic heterocycles. The van der Waals surface area contributed by atoms with Crippen LogP contribution in [-0.4, -0.2) is 18.6 Å². The molecule has 94 valence electrons. The minimum Gasteiger partial charge on any atom is -0.268 e. The van der Waals surface area contributed by atoms with Gasteiger partial charge < -0.3 is 0 Å². The van der Waals surface area contributed by atoms with Crippen molar-refractivity contribution < 1.29 is 12.8 Å². The lowest BCUT2D eigenvalue weighted by Crippen LogP contribution is -2.17. The molecule has 0 bridgehead atoms. The highest BCUT2D eigenvalue weighted by molar-refractivity contribution is 7.92. The largest absolute Gasteiger partial charge is 0.268 e. The minimum atomic E-state index is -4.07. The third-order valence-electron chi connectivity index (χ3n) is 2.04. The van der Waals surface area contributed by atoms with Crippen molar-refractivity contribution in [2.24, 2.45) is 0 Å². The summed E-state index contributed by atoms with van der Waals surface area (Å²) < 4.78 is 39.1. The average molecular weight is 269 g/mol. The molecule has 0 saturated heterocycles. The molecule has 8 heteroatoms. The molecule has 0 spiro atoms. The summed E-state index contributed by atoms with van der Waals surface area (Å²) in [6.07, 6.45) is 0. The van der Waals surface area contributed by atoms with E-state index in [-0.39, 0.29) is 5.82 Å². The summed E-state index contributed by atoms with van der Waals surface area (Å²) in [5.41, 5.74) is -0.469. The quantitative estimate of drug-likeness (QED) is 0.858. The van der Waals surface area contributed by atoms with Crippen LogP contribution >= 0.6 is 0 Å². The lowest BCUT2D eigenvalue weighted by Gasteiger charge is -2.06. The first-order chi connectivity index (χ1) is 8.49. The van der Waals surface area contributed by atoms with Gasteiger partial charge in [-0.25, -0.2) is 17.9 Å². The zero-order valence-electron chi connectivity index (χ0n) is 8.92. The molecule has 0 aliphatic rings. The van der Waals surface area contributed by atoms with Crippen LogP contribution in [0.4, 0.5) is 10.2 Å². The van der Waals surface area contributed by atoms with Crippen LogP contribution in [0.2, 0.25) is 0 Å². The van der Waals surface area contributed by atoms with E-state index in [1.54, 1.807) is 0 Å². The summed E-state index contributed by atoms with van der Waals surface area (Å²) in [5, 5.41) is 5.53. The van der Waals surface area contributed by atoms with Crippen molar-refractivity contribution in [3.63, 3.8) is 0 Å². The Balaban J connectivity index is 2.36. The lowest BCUT2D eigenvalue weighted by molar-refractivity contribution is 0.570. The van der Waals surface area contributed by atoms with Crippen molar-refractivity contribution in [3.05, 3.63) is 52.6 Å². The zero-order valence-corrected chi connectivity index (χ0v) is 9.74. The van der Waals surface area contributed by atoms with E-state index in [2.05, 4.69) is 14.9 Å². The van der Waals surface area contributed by atoms with Gasteiger partial charge in [0, 0.05) is 6.07 Å². The smallest absolute Gasteiger partial charge is 0.266 e. The van der Waals surface area contributed by atoms with Crippen LogP contribution < -0.4 is 10.3 Å². The molecule has 0 saturated carbocycles. The fourth-order valence-electron chi connectivity index (χ4n) is 1.26. The molecule has 0 aliphatic heterocycles. The number of hydrogen-bond donors (Lipinski definition) is 2. The van der Waals surface area contributed by atoms with Crippen LogP contribution in [0, 0.1) is 5.82 Å². The fraction of sp³-hybridized carbons (Fsp3) is 0. The van der Waals surface area contributed by atoms with E-state index in [4.69, 9.17) is 0 Å². The second-order valence-corrected chi connectivity index (χ2v) is 4.99. The second kappa shape index (κ2) is 4.57. The Morgan fingerprint density at radius 1 is 1.17 bits per heavy atom. The number of hydrogen-bond acceptors (Lipinski definition) is 4. The molecule has 0 atom stereocenters. The summed E-state index contributed by atoms with van der Waals surface area (Å²) >= 11 is 0. The lowest BCUT2D eigenvalue weighted by atomic mass is 10.4. The van der Waals surface area contributed by atoms with Crippen molar-refractivity contribution >= 4 is 15.8 Å². The van der Waals surface area contributed by atoms with Crippen molar-refractivity contribution in [3.8, 4) is 0 Å². The summed E-state index contributed by atoms with van der Waals surface area (Å²) in [7, 11) is -4.07. The van der Waals surface area contributed by atoms with Gasteiger partial charge in [0.15, 0.2) is 5.82 Å². The molecular weight excluding hydrogens is 261 g/mol. The number of rotatable bonds is 3. The van der Waals surface area contributed by atoms with Gasteiger partial charge in [0.25, 0.3) is 15.6 Å². The first-order valence-electron chi connectivity index (χ1n) is 4.82. The molecule has 0 unspecified atom stereocenters. The molecule has 6 nitrogen and oxygen atoms in total. The highest BCUT2D eigenvalue weighted by Gasteiger charge is 2.18. The first kappa shape index (κ1) is 12.2. The monoisotopic (exact) mass is 269 g/mol. The third kappa shape index (κ3) is 2.54. The van der Waals surface area contributed by atoms with Crippen LogP contribution in [0.25, 0.3) is 0 Å². The Hall–Kier alpha value is -2.22. The summed E-state index contributed by atoms with van der Waals surface area (Å²) in [6.45, 7) is 0. The number of H-pyrrole nitrogens is 1. The summed E-state index contributed by atoms with van der Waals surface area (Å²) in [6, 6.07) is 7.23. The molecule has 0 aliphatic carbocycles. The van der Waals surface area contributed by atoms with Crippen molar-refractivity contribution in [1.29, 1.82) is 0 Å². The standard InChI is InChI=1S/C10H8FN3O3S/c11-7-3-1-2-4-8(7)18(16,17)14-9-5-6-10(15)13-12-9/h1-6H,(H,12,14)(H,13,15). The maximum absolute atomic E-state index is 13.4. The fourth-order valence-corrected chi connectivity index (χ4v) is 2.34. The Morgan fingerprint density at radius 2 is 1.89 bits per heavy atom. The van der Waals surface area contributed by atoms with E-state index in [1.165, 1.54) is 18.2 Å². The van der Waals surface area contributed by atoms with Gasteiger partial charge in [-0.3, -0.25) is 9.52 Å². The van der Waals surface area contributed by atoms with Gasteiger partial charge in [-0.05, 0) is 18.2 Å².